The highest BCUT2D eigenvalue weighted by Gasteiger charge is 2.28. The minimum absolute atomic E-state index is 0.773. The molecule has 0 radical (unpaired) electrons. The highest BCUT2D eigenvalue weighted by atomic mass is 79.9. The summed E-state index contributed by atoms with van der Waals surface area (Å²) in [5.41, 5.74) is 2.33. The van der Waals surface area contributed by atoms with Gasteiger partial charge in [0.1, 0.15) is 5.75 Å². The molecule has 0 atom stereocenters. The lowest BCUT2D eigenvalue weighted by molar-refractivity contribution is 0.251. The van der Waals surface area contributed by atoms with Gasteiger partial charge in [0, 0.05) is 11.1 Å². The van der Waals surface area contributed by atoms with E-state index in [0.717, 1.165) is 66.2 Å². The Morgan fingerprint density at radius 1 is 1.00 bits per heavy atom. The van der Waals surface area contributed by atoms with Crippen molar-refractivity contribution >= 4 is 15.9 Å². The quantitative estimate of drug-likeness (QED) is 0.797. The maximum absolute atomic E-state index is 5.78. The van der Waals surface area contributed by atoms with Crippen LogP contribution in [0.5, 0.6) is 17.2 Å². The van der Waals surface area contributed by atoms with E-state index in [2.05, 4.69) is 15.9 Å². The lowest BCUT2D eigenvalue weighted by atomic mass is 9.98. The van der Waals surface area contributed by atoms with E-state index < -0.39 is 0 Å². The van der Waals surface area contributed by atoms with Crippen LogP contribution in [0.4, 0.5) is 0 Å². The summed E-state index contributed by atoms with van der Waals surface area (Å²) < 4.78 is 18.2. The molecule has 3 rings (SSSR count). The van der Waals surface area contributed by atoms with Gasteiger partial charge < -0.3 is 14.2 Å². The molecule has 2 aliphatic heterocycles. The molecule has 0 saturated heterocycles. The second kappa shape index (κ2) is 4.41. The molecule has 0 aromatic heterocycles. The lowest BCUT2D eigenvalue weighted by Gasteiger charge is -2.28. The fraction of sp³-hybridized carbons (Fsp3) is 0.538. The average molecular weight is 299 g/mol. The number of fused-ring (bicyclic) bond motifs is 2. The first kappa shape index (κ1) is 11.2. The van der Waals surface area contributed by atoms with Crippen LogP contribution in [0.1, 0.15) is 24.0 Å². The summed E-state index contributed by atoms with van der Waals surface area (Å²) in [4.78, 5) is 0. The first-order valence-corrected chi connectivity index (χ1v) is 6.79. The van der Waals surface area contributed by atoms with Gasteiger partial charge in [-0.3, -0.25) is 0 Å². The molecule has 3 nitrogen and oxygen atoms in total. The van der Waals surface area contributed by atoms with Crippen molar-refractivity contribution in [2.45, 2.75) is 25.7 Å². The van der Waals surface area contributed by atoms with Crippen LogP contribution in [0, 0.1) is 0 Å². The Labute approximate surface area is 109 Å². The Morgan fingerprint density at radius 2 is 1.65 bits per heavy atom. The van der Waals surface area contributed by atoms with E-state index in [4.69, 9.17) is 14.2 Å². The molecular weight excluding hydrogens is 284 g/mol. The van der Waals surface area contributed by atoms with E-state index in [-0.39, 0.29) is 0 Å². The standard InChI is InChI=1S/C13H15BrO3/c1-15-12-9-5-3-6-16-11(9)10(14)8-4-2-7-17-13(8)12/h2-7H2,1H3. The molecule has 92 valence electrons. The smallest absolute Gasteiger partial charge is 0.167 e. The Kier molecular flexibility index (Phi) is 2.90. The Balaban J connectivity index is 2.25. The van der Waals surface area contributed by atoms with Gasteiger partial charge in [0.25, 0.3) is 0 Å². The molecule has 0 N–H and O–H groups in total. The average Bonchev–Trinajstić information content (AvgIpc) is 2.40. The SMILES string of the molecule is COc1c2c(c(Br)c3c1OCCC3)OCCC2. The zero-order chi connectivity index (χ0) is 11.8. The van der Waals surface area contributed by atoms with Gasteiger partial charge in [-0.25, -0.2) is 0 Å². The second-order valence-corrected chi connectivity index (χ2v) is 5.16. The number of ether oxygens (including phenoxy) is 3. The minimum atomic E-state index is 0.773. The molecule has 0 saturated carbocycles. The summed E-state index contributed by atoms with van der Waals surface area (Å²) in [6, 6.07) is 0. The van der Waals surface area contributed by atoms with E-state index in [0.29, 0.717) is 0 Å². The van der Waals surface area contributed by atoms with E-state index in [9.17, 15) is 0 Å². The lowest BCUT2D eigenvalue weighted by Crippen LogP contribution is -2.16. The molecule has 4 heteroatoms. The van der Waals surface area contributed by atoms with Crippen LogP contribution in [0.3, 0.4) is 0 Å². The highest BCUT2D eigenvalue weighted by Crippen LogP contribution is 2.50. The van der Waals surface area contributed by atoms with E-state index in [1.165, 1.54) is 5.56 Å². The van der Waals surface area contributed by atoms with Crippen molar-refractivity contribution in [1.82, 2.24) is 0 Å². The van der Waals surface area contributed by atoms with Crippen LogP contribution in [0.2, 0.25) is 0 Å². The summed E-state index contributed by atoms with van der Waals surface area (Å²) in [6.45, 7) is 1.56. The molecule has 0 fully saturated rings. The molecular formula is C13H15BrO3. The Hall–Kier alpha value is -0.900. The molecule has 0 bridgehead atoms. The van der Waals surface area contributed by atoms with Crippen LogP contribution >= 0.6 is 15.9 Å². The normalized spacial score (nSPS) is 17.5. The molecule has 0 spiro atoms. The van der Waals surface area contributed by atoms with Gasteiger partial charge in [0.05, 0.1) is 24.8 Å². The predicted octanol–water partition coefficient (Wildman–Crippen LogP) is 3.11. The van der Waals surface area contributed by atoms with Gasteiger partial charge in [-0.15, -0.1) is 0 Å². The van der Waals surface area contributed by atoms with Crippen molar-refractivity contribution in [2.24, 2.45) is 0 Å². The number of halogens is 1. The molecule has 1 aromatic rings. The third kappa shape index (κ3) is 1.69. The van der Waals surface area contributed by atoms with Gasteiger partial charge in [0.2, 0.25) is 0 Å². The number of benzene rings is 1. The maximum Gasteiger partial charge on any atom is 0.167 e. The molecule has 0 unspecified atom stereocenters. The van der Waals surface area contributed by atoms with Gasteiger partial charge in [0.15, 0.2) is 11.5 Å². The summed E-state index contributed by atoms with van der Waals surface area (Å²) in [7, 11) is 1.70. The molecule has 2 aliphatic rings. The predicted molar refractivity (Wildman–Crippen MR) is 68.3 cm³/mol. The number of rotatable bonds is 1. The Bertz CT molecular complexity index is 419. The van der Waals surface area contributed by atoms with Gasteiger partial charge in [-0.05, 0) is 41.6 Å². The van der Waals surface area contributed by atoms with Crippen LogP contribution in [0.25, 0.3) is 0 Å². The third-order valence-corrected chi connectivity index (χ3v) is 4.17. The van der Waals surface area contributed by atoms with Gasteiger partial charge in [-0.2, -0.15) is 0 Å². The van der Waals surface area contributed by atoms with Crippen molar-refractivity contribution in [2.75, 3.05) is 20.3 Å². The fourth-order valence-corrected chi connectivity index (χ4v) is 3.29. The largest absolute Gasteiger partial charge is 0.492 e. The number of hydrogen-bond acceptors (Lipinski definition) is 3. The van der Waals surface area contributed by atoms with Crippen molar-refractivity contribution < 1.29 is 14.2 Å². The molecule has 0 aliphatic carbocycles. The van der Waals surface area contributed by atoms with E-state index >= 15 is 0 Å². The zero-order valence-electron chi connectivity index (χ0n) is 9.85. The molecule has 0 amide bonds. The first-order valence-electron chi connectivity index (χ1n) is 5.99. The first-order chi connectivity index (χ1) is 8.33. The summed E-state index contributed by atoms with van der Waals surface area (Å²) >= 11 is 3.66. The van der Waals surface area contributed by atoms with Crippen molar-refractivity contribution in [3.8, 4) is 17.2 Å². The number of methoxy groups -OCH3 is 1. The monoisotopic (exact) mass is 298 g/mol. The third-order valence-electron chi connectivity index (χ3n) is 3.33. The Morgan fingerprint density at radius 3 is 2.35 bits per heavy atom. The number of hydrogen-bond donors (Lipinski definition) is 0. The summed E-state index contributed by atoms with van der Waals surface area (Å²) in [5, 5.41) is 0. The van der Waals surface area contributed by atoms with Crippen molar-refractivity contribution in [1.29, 1.82) is 0 Å². The minimum Gasteiger partial charge on any atom is -0.492 e. The van der Waals surface area contributed by atoms with Crippen LogP contribution < -0.4 is 14.2 Å². The zero-order valence-corrected chi connectivity index (χ0v) is 11.4. The van der Waals surface area contributed by atoms with E-state index in [1.54, 1.807) is 7.11 Å². The topological polar surface area (TPSA) is 27.7 Å². The van der Waals surface area contributed by atoms with Gasteiger partial charge in [-0.1, -0.05) is 0 Å². The molecule has 1 aromatic carbocycles. The van der Waals surface area contributed by atoms with Crippen molar-refractivity contribution in [3.05, 3.63) is 15.6 Å². The van der Waals surface area contributed by atoms with E-state index in [1.807, 2.05) is 0 Å². The van der Waals surface area contributed by atoms with Gasteiger partial charge >= 0.3 is 0 Å². The summed E-state index contributed by atoms with van der Waals surface area (Å²) in [6.07, 6.45) is 4.10. The summed E-state index contributed by atoms with van der Waals surface area (Å²) in [5.74, 6) is 2.74. The van der Waals surface area contributed by atoms with Crippen LogP contribution in [0.15, 0.2) is 4.47 Å². The molecule has 2 heterocycles. The maximum atomic E-state index is 5.78. The van der Waals surface area contributed by atoms with Crippen molar-refractivity contribution in [3.63, 3.8) is 0 Å². The fourth-order valence-electron chi connectivity index (χ4n) is 2.56. The molecule has 17 heavy (non-hydrogen) atoms. The van der Waals surface area contributed by atoms with Crippen LogP contribution in [-0.2, 0) is 12.8 Å². The second-order valence-electron chi connectivity index (χ2n) is 4.37. The highest BCUT2D eigenvalue weighted by molar-refractivity contribution is 9.10. The van der Waals surface area contributed by atoms with Crippen LogP contribution in [-0.4, -0.2) is 20.3 Å².